The molecule has 0 aromatic rings. The van der Waals surface area contributed by atoms with Crippen molar-refractivity contribution in [2.75, 3.05) is 19.7 Å². The fraction of sp³-hybridized carbons (Fsp3) is 1.00. The number of hydrogen-bond donors (Lipinski definition) is 2. The van der Waals surface area contributed by atoms with E-state index in [0.29, 0.717) is 6.04 Å². The Labute approximate surface area is 61.8 Å². The quantitative estimate of drug-likeness (QED) is 0.544. The number of nitrogens with two attached hydrogens (primary N) is 1. The van der Waals surface area contributed by atoms with Crippen LogP contribution in [0.3, 0.4) is 0 Å². The highest BCUT2D eigenvalue weighted by Gasteiger charge is 2.27. The van der Waals surface area contributed by atoms with E-state index >= 15 is 0 Å². The zero-order valence-electron chi connectivity index (χ0n) is 6.45. The summed E-state index contributed by atoms with van der Waals surface area (Å²) in [6.07, 6.45) is 0.949. The zero-order valence-corrected chi connectivity index (χ0v) is 6.45. The highest BCUT2D eigenvalue weighted by atomic mass is 16.3. The van der Waals surface area contributed by atoms with Crippen LogP contribution in [-0.2, 0) is 0 Å². The first kappa shape index (κ1) is 7.98. The van der Waals surface area contributed by atoms with Gasteiger partial charge >= 0.3 is 0 Å². The van der Waals surface area contributed by atoms with E-state index in [2.05, 4.69) is 11.8 Å². The van der Waals surface area contributed by atoms with Crippen LogP contribution in [0.15, 0.2) is 0 Å². The van der Waals surface area contributed by atoms with E-state index in [4.69, 9.17) is 10.8 Å². The molecule has 0 spiro atoms. The van der Waals surface area contributed by atoms with Crippen molar-refractivity contribution >= 4 is 0 Å². The van der Waals surface area contributed by atoms with Crippen molar-refractivity contribution < 1.29 is 5.11 Å². The Hall–Kier alpha value is -0.120. The zero-order chi connectivity index (χ0) is 7.56. The molecule has 1 aliphatic rings. The van der Waals surface area contributed by atoms with Crippen LogP contribution in [0.1, 0.15) is 13.3 Å². The summed E-state index contributed by atoms with van der Waals surface area (Å²) in [6.45, 7) is 4.29. The van der Waals surface area contributed by atoms with E-state index in [1.165, 1.54) is 0 Å². The van der Waals surface area contributed by atoms with Gasteiger partial charge in [0.1, 0.15) is 0 Å². The molecule has 0 radical (unpaired) electrons. The van der Waals surface area contributed by atoms with Crippen LogP contribution < -0.4 is 5.73 Å². The van der Waals surface area contributed by atoms with Gasteiger partial charge in [-0.2, -0.15) is 0 Å². The molecule has 1 aliphatic heterocycles. The third-order valence-electron chi connectivity index (χ3n) is 2.18. The molecule has 1 saturated heterocycles. The molecule has 0 amide bonds. The van der Waals surface area contributed by atoms with Crippen molar-refractivity contribution in [3.8, 4) is 0 Å². The maximum absolute atomic E-state index is 8.89. The topological polar surface area (TPSA) is 49.5 Å². The minimum absolute atomic E-state index is 0.252. The molecule has 1 rings (SSSR count). The van der Waals surface area contributed by atoms with Gasteiger partial charge in [0, 0.05) is 18.6 Å². The Balaban J connectivity index is 2.41. The average Bonchev–Trinajstić information content (AvgIpc) is 2.30. The largest absolute Gasteiger partial charge is 0.395 e. The minimum atomic E-state index is 0.252. The van der Waals surface area contributed by atoms with Crippen LogP contribution in [-0.4, -0.2) is 41.8 Å². The van der Waals surface area contributed by atoms with Crippen molar-refractivity contribution in [2.24, 2.45) is 5.73 Å². The van der Waals surface area contributed by atoms with Crippen molar-refractivity contribution in [2.45, 2.75) is 25.4 Å². The van der Waals surface area contributed by atoms with Crippen LogP contribution in [0.5, 0.6) is 0 Å². The molecular weight excluding hydrogens is 128 g/mol. The Bertz CT molecular complexity index is 95.8. The molecule has 0 aromatic carbocycles. The predicted octanol–water partition coefficient (Wildman–Crippen LogP) is -0.600. The lowest BCUT2D eigenvalue weighted by molar-refractivity contribution is 0.164. The molecule has 3 heteroatoms. The van der Waals surface area contributed by atoms with Gasteiger partial charge in [-0.15, -0.1) is 0 Å². The van der Waals surface area contributed by atoms with E-state index in [1.807, 2.05) is 0 Å². The number of rotatable bonds is 2. The van der Waals surface area contributed by atoms with Gasteiger partial charge in [-0.1, -0.05) is 6.92 Å². The van der Waals surface area contributed by atoms with Gasteiger partial charge in [-0.3, -0.25) is 4.90 Å². The van der Waals surface area contributed by atoms with Crippen LogP contribution in [0.4, 0.5) is 0 Å². The standard InChI is InChI=1S/C7H16N2O/c1-2-9-4-6(8)3-7(9)5-10/h6-7,10H,2-5,8H2,1H3/t6-,7+/m0/s1. The number of aliphatic hydroxyl groups excluding tert-OH is 1. The molecule has 10 heavy (non-hydrogen) atoms. The first-order valence-corrected chi connectivity index (χ1v) is 3.88. The molecule has 1 heterocycles. The third kappa shape index (κ3) is 1.48. The summed E-state index contributed by atoms with van der Waals surface area (Å²) in [6, 6.07) is 0.595. The molecule has 3 nitrogen and oxygen atoms in total. The van der Waals surface area contributed by atoms with E-state index in [9.17, 15) is 0 Å². The lowest BCUT2D eigenvalue weighted by Crippen LogP contribution is -2.32. The number of hydrogen-bond acceptors (Lipinski definition) is 3. The lowest BCUT2D eigenvalue weighted by atomic mass is 10.2. The number of nitrogens with zero attached hydrogens (tertiary/aromatic N) is 1. The second-order valence-corrected chi connectivity index (χ2v) is 2.92. The normalized spacial score (nSPS) is 35.1. The van der Waals surface area contributed by atoms with E-state index in [0.717, 1.165) is 19.5 Å². The summed E-state index contributed by atoms with van der Waals surface area (Å²) < 4.78 is 0. The molecule has 0 saturated carbocycles. The molecule has 1 fully saturated rings. The van der Waals surface area contributed by atoms with Crippen molar-refractivity contribution in [1.82, 2.24) is 4.90 Å². The Morgan fingerprint density at radius 1 is 1.70 bits per heavy atom. The summed E-state index contributed by atoms with van der Waals surface area (Å²) >= 11 is 0. The molecule has 0 unspecified atom stereocenters. The van der Waals surface area contributed by atoms with Gasteiger partial charge in [0.15, 0.2) is 0 Å². The lowest BCUT2D eigenvalue weighted by Gasteiger charge is -2.19. The summed E-state index contributed by atoms with van der Waals surface area (Å²) in [5.41, 5.74) is 5.71. The van der Waals surface area contributed by atoms with E-state index < -0.39 is 0 Å². The summed E-state index contributed by atoms with van der Waals surface area (Å²) in [5, 5.41) is 8.89. The minimum Gasteiger partial charge on any atom is -0.395 e. The second-order valence-electron chi connectivity index (χ2n) is 2.92. The van der Waals surface area contributed by atoms with Gasteiger partial charge in [0.2, 0.25) is 0 Å². The predicted molar refractivity (Wildman–Crippen MR) is 40.7 cm³/mol. The molecular formula is C7H16N2O. The smallest absolute Gasteiger partial charge is 0.0587 e. The number of likely N-dealkylation sites (tertiary alicyclic amines) is 1. The molecule has 2 atom stereocenters. The fourth-order valence-corrected chi connectivity index (χ4v) is 1.60. The van der Waals surface area contributed by atoms with Crippen LogP contribution in [0.2, 0.25) is 0 Å². The van der Waals surface area contributed by atoms with E-state index in [-0.39, 0.29) is 12.6 Å². The van der Waals surface area contributed by atoms with Gasteiger partial charge in [-0.25, -0.2) is 0 Å². The highest BCUT2D eigenvalue weighted by Crippen LogP contribution is 2.14. The molecule has 0 aromatic heterocycles. The molecule has 60 valence electrons. The molecule has 3 N–H and O–H groups in total. The monoisotopic (exact) mass is 144 g/mol. The average molecular weight is 144 g/mol. The second kappa shape index (κ2) is 3.32. The van der Waals surface area contributed by atoms with Gasteiger partial charge in [0.05, 0.1) is 6.61 Å². The van der Waals surface area contributed by atoms with E-state index in [1.54, 1.807) is 0 Å². The first-order chi connectivity index (χ1) is 4.77. The van der Waals surface area contributed by atoms with Crippen molar-refractivity contribution in [3.05, 3.63) is 0 Å². The van der Waals surface area contributed by atoms with Crippen LogP contribution in [0.25, 0.3) is 0 Å². The Morgan fingerprint density at radius 3 is 2.80 bits per heavy atom. The Morgan fingerprint density at radius 2 is 2.40 bits per heavy atom. The van der Waals surface area contributed by atoms with Crippen molar-refractivity contribution in [1.29, 1.82) is 0 Å². The number of likely N-dealkylation sites (N-methyl/N-ethyl adjacent to an activating group) is 1. The highest BCUT2D eigenvalue weighted by molar-refractivity contribution is 4.85. The van der Waals surface area contributed by atoms with Crippen molar-refractivity contribution in [3.63, 3.8) is 0 Å². The first-order valence-electron chi connectivity index (χ1n) is 3.88. The summed E-state index contributed by atoms with van der Waals surface area (Å²) in [5.74, 6) is 0. The maximum atomic E-state index is 8.89. The number of aliphatic hydroxyl groups is 1. The maximum Gasteiger partial charge on any atom is 0.0587 e. The Kier molecular flexibility index (Phi) is 2.65. The fourth-order valence-electron chi connectivity index (χ4n) is 1.60. The SMILES string of the molecule is CCN1C[C@@H](N)C[C@@H]1CO. The van der Waals surface area contributed by atoms with Crippen LogP contribution >= 0.6 is 0 Å². The van der Waals surface area contributed by atoms with Crippen LogP contribution in [0, 0.1) is 0 Å². The molecule has 0 bridgehead atoms. The molecule has 0 aliphatic carbocycles. The van der Waals surface area contributed by atoms with Gasteiger partial charge in [0.25, 0.3) is 0 Å². The third-order valence-corrected chi connectivity index (χ3v) is 2.18. The summed E-state index contributed by atoms with van der Waals surface area (Å²) in [4.78, 5) is 2.23. The van der Waals surface area contributed by atoms with Gasteiger partial charge < -0.3 is 10.8 Å². The summed E-state index contributed by atoms with van der Waals surface area (Å²) in [7, 11) is 0. The van der Waals surface area contributed by atoms with Gasteiger partial charge in [-0.05, 0) is 13.0 Å².